The van der Waals surface area contributed by atoms with Crippen LogP contribution >= 0.6 is 0 Å². The highest BCUT2D eigenvalue weighted by molar-refractivity contribution is 6.08. The Hall–Kier alpha value is -2.80. The van der Waals surface area contributed by atoms with Crippen LogP contribution in [0.2, 0.25) is 0 Å². The van der Waals surface area contributed by atoms with Crippen molar-refractivity contribution in [1.29, 1.82) is 0 Å². The van der Waals surface area contributed by atoms with Crippen molar-refractivity contribution in [3.05, 3.63) is 42.1 Å². The van der Waals surface area contributed by atoms with E-state index in [-0.39, 0.29) is 18.6 Å². The molecule has 0 aliphatic carbocycles. The number of aromatic nitrogens is 1. The number of amides is 1. The summed E-state index contributed by atoms with van der Waals surface area (Å²) in [7, 11) is 3.00. The lowest BCUT2D eigenvalue weighted by Gasteiger charge is -2.15. The van der Waals surface area contributed by atoms with E-state index in [1.807, 2.05) is 6.92 Å². The van der Waals surface area contributed by atoms with Crippen LogP contribution in [0.3, 0.4) is 0 Å². The SMILES string of the molecule is CCC(CO)Nc1ccc(NC(=O)c2c(OC)cccc2OC)cn1. The molecule has 1 unspecified atom stereocenters. The minimum Gasteiger partial charge on any atom is -0.496 e. The standard InChI is InChI=1S/C18H23N3O4/c1-4-12(11-22)20-16-9-8-13(10-19-16)21-18(23)17-14(24-2)6-5-7-15(17)25-3/h5-10,12,22H,4,11H2,1-3H3,(H,19,20)(H,21,23). The quantitative estimate of drug-likeness (QED) is 0.681. The number of anilines is 2. The van der Waals surface area contributed by atoms with Gasteiger partial charge < -0.3 is 25.2 Å². The molecule has 1 amide bonds. The molecule has 0 aliphatic heterocycles. The summed E-state index contributed by atoms with van der Waals surface area (Å²) in [5.41, 5.74) is 0.863. The summed E-state index contributed by atoms with van der Waals surface area (Å²) >= 11 is 0. The van der Waals surface area contributed by atoms with E-state index in [9.17, 15) is 9.90 Å². The van der Waals surface area contributed by atoms with Crippen LogP contribution in [0.4, 0.5) is 11.5 Å². The van der Waals surface area contributed by atoms with Crippen molar-refractivity contribution in [2.24, 2.45) is 0 Å². The third-order valence-electron chi connectivity index (χ3n) is 3.74. The molecule has 0 spiro atoms. The molecule has 0 aliphatic rings. The minimum atomic E-state index is -0.349. The Balaban J connectivity index is 2.14. The molecular weight excluding hydrogens is 322 g/mol. The summed E-state index contributed by atoms with van der Waals surface area (Å²) in [5.74, 6) is 1.14. The van der Waals surface area contributed by atoms with Crippen LogP contribution in [-0.4, -0.2) is 42.9 Å². The van der Waals surface area contributed by atoms with Crippen LogP contribution in [0.15, 0.2) is 36.5 Å². The van der Waals surface area contributed by atoms with E-state index >= 15 is 0 Å². The average molecular weight is 345 g/mol. The number of hydrogen-bond donors (Lipinski definition) is 3. The summed E-state index contributed by atoms with van der Waals surface area (Å²) in [6.07, 6.45) is 2.33. The van der Waals surface area contributed by atoms with Crippen molar-refractivity contribution < 1.29 is 19.4 Å². The van der Waals surface area contributed by atoms with Crippen LogP contribution in [0, 0.1) is 0 Å². The highest BCUT2D eigenvalue weighted by Crippen LogP contribution is 2.29. The third kappa shape index (κ3) is 4.60. The van der Waals surface area contributed by atoms with Gasteiger partial charge in [-0.15, -0.1) is 0 Å². The van der Waals surface area contributed by atoms with Gasteiger partial charge in [0.05, 0.1) is 38.8 Å². The fourth-order valence-electron chi connectivity index (χ4n) is 2.31. The number of carbonyl (C=O) groups excluding carboxylic acids is 1. The lowest BCUT2D eigenvalue weighted by Crippen LogP contribution is -2.23. The van der Waals surface area contributed by atoms with Gasteiger partial charge in [-0.1, -0.05) is 13.0 Å². The van der Waals surface area contributed by atoms with E-state index in [2.05, 4.69) is 15.6 Å². The van der Waals surface area contributed by atoms with Crippen molar-refractivity contribution >= 4 is 17.4 Å². The Labute approximate surface area is 147 Å². The van der Waals surface area contributed by atoms with Gasteiger partial charge in [0.2, 0.25) is 0 Å². The summed E-state index contributed by atoms with van der Waals surface area (Å²) in [4.78, 5) is 16.8. The number of methoxy groups -OCH3 is 2. The molecule has 0 saturated heterocycles. The second-order valence-electron chi connectivity index (χ2n) is 5.36. The molecule has 0 bridgehead atoms. The van der Waals surface area contributed by atoms with Gasteiger partial charge in [-0.3, -0.25) is 4.79 Å². The van der Waals surface area contributed by atoms with Crippen LogP contribution < -0.4 is 20.1 Å². The van der Waals surface area contributed by atoms with E-state index in [0.717, 1.165) is 6.42 Å². The van der Waals surface area contributed by atoms with Gasteiger partial charge >= 0.3 is 0 Å². The highest BCUT2D eigenvalue weighted by Gasteiger charge is 2.18. The van der Waals surface area contributed by atoms with Crippen molar-refractivity contribution in [3.8, 4) is 11.5 Å². The smallest absolute Gasteiger partial charge is 0.263 e. The molecule has 3 N–H and O–H groups in total. The van der Waals surface area contributed by atoms with Crippen molar-refractivity contribution in [2.45, 2.75) is 19.4 Å². The zero-order chi connectivity index (χ0) is 18.2. The van der Waals surface area contributed by atoms with Gasteiger partial charge in [-0.25, -0.2) is 4.98 Å². The van der Waals surface area contributed by atoms with E-state index in [0.29, 0.717) is 28.6 Å². The molecule has 1 atom stereocenters. The van der Waals surface area contributed by atoms with E-state index in [1.165, 1.54) is 14.2 Å². The molecule has 0 saturated carbocycles. The van der Waals surface area contributed by atoms with Gasteiger partial charge in [0.25, 0.3) is 5.91 Å². The molecule has 7 heteroatoms. The predicted molar refractivity (Wildman–Crippen MR) is 96.5 cm³/mol. The van der Waals surface area contributed by atoms with Gasteiger partial charge in [0.1, 0.15) is 22.9 Å². The first-order chi connectivity index (χ1) is 12.1. The second kappa shape index (κ2) is 8.89. The number of aliphatic hydroxyl groups is 1. The molecule has 0 fully saturated rings. The maximum atomic E-state index is 12.6. The Kier molecular flexibility index (Phi) is 6.59. The summed E-state index contributed by atoms with van der Waals surface area (Å²) in [5, 5.41) is 15.1. The molecule has 1 aromatic carbocycles. The summed E-state index contributed by atoms with van der Waals surface area (Å²) in [6, 6.07) is 8.57. The molecule has 25 heavy (non-hydrogen) atoms. The zero-order valence-corrected chi connectivity index (χ0v) is 14.6. The number of rotatable bonds is 8. The molecule has 2 rings (SSSR count). The summed E-state index contributed by atoms with van der Waals surface area (Å²) < 4.78 is 10.5. The molecular formula is C18H23N3O4. The molecule has 2 aromatic rings. The van der Waals surface area contributed by atoms with Crippen molar-refractivity contribution in [1.82, 2.24) is 4.98 Å². The van der Waals surface area contributed by atoms with E-state index < -0.39 is 0 Å². The highest BCUT2D eigenvalue weighted by atomic mass is 16.5. The Morgan fingerprint density at radius 3 is 2.36 bits per heavy atom. The Bertz CT molecular complexity index is 678. The fourth-order valence-corrected chi connectivity index (χ4v) is 2.31. The first-order valence-electron chi connectivity index (χ1n) is 7.98. The molecule has 1 aromatic heterocycles. The topological polar surface area (TPSA) is 92.7 Å². The van der Waals surface area contributed by atoms with Crippen LogP contribution in [0.25, 0.3) is 0 Å². The number of nitrogens with zero attached hydrogens (tertiary/aromatic N) is 1. The Morgan fingerprint density at radius 2 is 1.88 bits per heavy atom. The molecule has 1 heterocycles. The van der Waals surface area contributed by atoms with Gasteiger partial charge in [0.15, 0.2) is 0 Å². The maximum absolute atomic E-state index is 12.6. The number of hydrogen-bond acceptors (Lipinski definition) is 6. The zero-order valence-electron chi connectivity index (χ0n) is 14.6. The fraction of sp³-hybridized carbons (Fsp3) is 0.333. The number of benzene rings is 1. The Morgan fingerprint density at radius 1 is 1.20 bits per heavy atom. The molecule has 0 radical (unpaired) electrons. The lowest BCUT2D eigenvalue weighted by atomic mass is 10.1. The molecule has 7 nitrogen and oxygen atoms in total. The first-order valence-corrected chi connectivity index (χ1v) is 7.98. The minimum absolute atomic E-state index is 0.0320. The van der Waals surface area contributed by atoms with Gasteiger partial charge in [-0.2, -0.15) is 0 Å². The number of carbonyl (C=O) groups is 1. The van der Waals surface area contributed by atoms with Crippen LogP contribution in [0.5, 0.6) is 11.5 Å². The van der Waals surface area contributed by atoms with E-state index in [4.69, 9.17) is 9.47 Å². The van der Waals surface area contributed by atoms with Crippen LogP contribution in [-0.2, 0) is 0 Å². The average Bonchev–Trinajstić information content (AvgIpc) is 2.66. The summed E-state index contributed by atoms with van der Waals surface area (Å²) in [6.45, 7) is 2.01. The largest absolute Gasteiger partial charge is 0.496 e. The van der Waals surface area contributed by atoms with Crippen molar-refractivity contribution in [3.63, 3.8) is 0 Å². The van der Waals surface area contributed by atoms with Gasteiger partial charge in [0, 0.05) is 0 Å². The number of nitrogens with one attached hydrogen (secondary N) is 2. The van der Waals surface area contributed by atoms with E-state index in [1.54, 1.807) is 36.5 Å². The number of aliphatic hydroxyl groups excluding tert-OH is 1. The maximum Gasteiger partial charge on any atom is 0.263 e. The third-order valence-corrected chi connectivity index (χ3v) is 3.74. The monoisotopic (exact) mass is 345 g/mol. The second-order valence-corrected chi connectivity index (χ2v) is 5.36. The normalized spacial score (nSPS) is 11.5. The van der Waals surface area contributed by atoms with Gasteiger partial charge in [-0.05, 0) is 30.7 Å². The molecule has 134 valence electrons. The lowest BCUT2D eigenvalue weighted by molar-refractivity contribution is 0.102. The predicted octanol–water partition coefficient (Wildman–Crippen LogP) is 2.53. The number of pyridine rings is 1. The number of ether oxygens (including phenoxy) is 2. The first kappa shape index (κ1) is 18.5. The van der Waals surface area contributed by atoms with Crippen LogP contribution in [0.1, 0.15) is 23.7 Å². The van der Waals surface area contributed by atoms with Crippen molar-refractivity contribution in [2.75, 3.05) is 31.5 Å².